The molecule has 2 rings (SSSR count). The van der Waals surface area contributed by atoms with Crippen molar-refractivity contribution in [1.29, 1.82) is 0 Å². The number of hydrogen-bond donors (Lipinski definition) is 0. The summed E-state index contributed by atoms with van der Waals surface area (Å²) in [6.45, 7) is 5.16. The van der Waals surface area contributed by atoms with E-state index < -0.39 is 0 Å². The summed E-state index contributed by atoms with van der Waals surface area (Å²) in [5, 5.41) is 0. The predicted octanol–water partition coefficient (Wildman–Crippen LogP) is 2.88. The molecular formula is C20H30N2O3. The number of carbonyl (C=O) groups is 2. The van der Waals surface area contributed by atoms with E-state index in [1.54, 1.807) is 12.0 Å². The van der Waals surface area contributed by atoms with Crippen molar-refractivity contribution < 1.29 is 14.3 Å². The molecule has 2 amide bonds. The lowest BCUT2D eigenvalue weighted by atomic mass is 10.00. The maximum Gasteiger partial charge on any atom is 0.242 e. The lowest BCUT2D eigenvalue weighted by Gasteiger charge is -2.36. The smallest absolute Gasteiger partial charge is 0.242 e. The minimum Gasteiger partial charge on any atom is -0.496 e. The number of methoxy groups -OCH3 is 1. The first-order chi connectivity index (χ1) is 12.1. The van der Waals surface area contributed by atoms with Crippen LogP contribution in [0.5, 0.6) is 5.75 Å². The first-order valence-electron chi connectivity index (χ1n) is 9.23. The average Bonchev–Trinajstić information content (AvgIpc) is 2.64. The molecule has 138 valence electrons. The number of benzene rings is 1. The van der Waals surface area contributed by atoms with E-state index in [4.69, 9.17) is 4.74 Å². The Balaban J connectivity index is 1.98. The van der Waals surface area contributed by atoms with E-state index in [1.165, 1.54) is 13.3 Å². The highest BCUT2D eigenvalue weighted by Crippen LogP contribution is 2.20. The van der Waals surface area contributed by atoms with Crippen LogP contribution in [0.1, 0.15) is 45.1 Å². The van der Waals surface area contributed by atoms with Crippen molar-refractivity contribution in [3.8, 4) is 5.75 Å². The normalized spacial score (nSPS) is 17.2. The lowest BCUT2D eigenvalue weighted by Crippen LogP contribution is -2.49. The summed E-state index contributed by atoms with van der Waals surface area (Å²) in [5.41, 5.74) is 1.05. The SMILES string of the molecule is CCC1CCCCN1C(=O)CN(CCc1ccccc1OC)C(C)=O. The second-order valence-electron chi connectivity index (χ2n) is 6.65. The zero-order valence-electron chi connectivity index (χ0n) is 15.7. The molecule has 0 radical (unpaired) electrons. The maximum atomic E-state index is 12.7. The summed E-state index contributed by atoms with van der Waals surface area (Å²) in [4.78, 5) is 28.4. The van der Waals surface area contributed by atoms with Crippen molar-refractivity contribution in [2.75, 3.05) is 26.7 Å². The van der Waals surface area contributed by atoms with Gasteiger partial charge in [-0.1, -0.05) is 25.1 Å². The molecule has 1 aliphatic heterocycles. The van der Waals surface area contributed by atoms with Crippen LogP contribution in [0.25, 0.3) is 0 Å². The van der Waals surface area contributed by atoms with Gasteiger partial charge in [-0.2, -0.15) is 0 Å². The molecule has 5 heteroatoms. The third-order valence-corrected chi connectivity index (χ3v) is 5.03. The van der Waals surface area contributed by atoms with Crippen molar-refractivity contribution in [2.24, 2.45) is 0 Å². The summed E-state index contributed by atoms with van der Waals surface area (Å²) in [5.74, 6) is 0.828. The van der Waals surface area contributed by atoms with Crippen molar-refractivity contribution in [2.45, 2.75) is 52.0 Å². The Hall–Kier alpha value is -2.04. The van der Waals surface area contributed by atoms with E-state index >= 15 is 0 Å². The largest absolute Gasteiger partial charge is 0.496 e. The second-order valence-corrected chi connectivity index (χ2v) is 6.65. The van der Waals surface area contributed by atoms with Gasteiger partial charge >= 0.3 is 0 Å². The van der Waals surface area contributed by atoms with Crippen LogP contribution >= 0.6 is 0 Å². The average molecular weight is 346 g/mol. The molecule has 1 saturated heterocycles. The fourth-order valence-corrected chi connectivity index (χ4v) is 3.52. The van der Waals surface area contributed by atoms with Crippen LogP contribution in [-0.4, -0.2) is 54.4 Å². The summed E-state index contributed by atoms with van der Waals surface area (Å²) in [7, 11) is 1.65. The molecule has 5 nitrogen and oxygen atoms in total. The van der Waals surface area contributed by atoms with Gasteiger partial charge in [0, 0.05) is 26.1 Å². The Morgan fingerprint density at radius 1 is 1.28 bits per heavy atom. The summed E-state index contributed by atoms with van der Waals surface area (Å²) in [6.07, 6.45) is 4.97. The number of likely N-dealkylation sites (tertiary alicyclic amines) is 1. The first kappa shape index (κ1) is 19.3. The Labute approximate surface area is 150 Å². The van der Waals surface area contributed by atoms with Crippen molar-refractivity contribution in [1.82, 2.24) is 9.80 Å². The van der Waals surface area contributed by atoms with Gasteiger partial charge in [-0.05, 0) is 43.7 Å². The lowest BCUT2D eigenvalue weighted by molar-refractivity contribution is -0.141. The van der Waals surface area contributed by atoms with Gasteiger partial charge in [-0.3, -0.25) is 9.59 Å². The summed E-state index contributed by atoms with van der Waals surface area (Å²) < 4.78 is 5.36. The van der Waals surface area contributed by atoms with Crippen LogP contribution in [0.4, 0.5) is 0 Å². The molecular weight excluding hydrogens is 316 g/mol. The summed E-state index contributed by atoms with van der Waals surface area (Å²) >= 11 is 0. The van der Waals surface area contributed by atoms with Crippen molar-refractivity contribution in [3.63, 3.8) is 0 Å². The number of rotatable bonds is 7. The van der Waals surface area contributed by atoms with E-state index in [9.17, 15) is 9.59 Å². The zero-order chi connectivity index (χ0) is 18.2. The number of ether oxygens (including phenoxy) is 1. The number of carbonyl (C=O) groups excluding carboxylic acids is 2. The first-order valence-corrected chi connectivity index (χ1v) is 9.23. The highest BCUT2D eigenvalue weighted by atomic mass is 16.5. The third kappa shape index (κ3) is 5.21. The number of nitrogens with zero attached hydrogens (tertiary/aromatic N) is 2. The molecule has 0 saturated carbocycles. The van der Waals surface area contributed by atoms with Crippen LogP contribution in [0.3, 0.4) is 0 Å². The number of hydrogen-bond acceptors (Lipinski definition) is 3. The Bertz CT molecular complexity index is 588. The van der Waals surface area contributed by atoms with Gasteiger partial charge in [0.15, 0.2) is 0 Å². The molecule has 1 aromatic carbocycles. The number of piperidine rings is 1. The summed E-state index contributed by atoms with van der Waals surface area (Å²) in [6, 6.07) is 8.12. The maximum absolute atomic E-state index is 12.7. The van der Waals surface area contributed by atoms with Crippen molar-refractivity contribution >= 4 is 11.8 Å². The Morgan fingerprint density at radius 3 is 2.72 bits per heavy atom. The van der Waals surface area contributed by atoms with Crippen LogP contribution < -0.4 is 4.74 Å². The van der Waals surface area contributed by atoms with Crippen LogP contribution in [0.2, 0.25) is 0 Å². The van der Waals surface area contributed by atoms with Crippen molar-refractivity contribution in [3.05, 3.63) is 29.8 Å². The van der Waals surface area contributed by atoms with Gasteiger partial charge in [0.25, 0.3) is 0 Å². The van der Waals surface area contributed by atoms with E-state index in [0.717, 1.165) is 37.1 Å². The third-order valence-electron chi connectivity index (χ3n) is 5.03. The minimum atomic E-state index is -0.0618. The molecule has 0 aromatic heterocycles. The molecule has 0 aliphatic carbocycles. The number of para-hydroxylation sites is 1. The molecule has 1 aromatic rings. The van der Waals surface area contributed by atoms with Gasteiger partial charge in [-0.15, -0.1) is 0 Å². The van der Waals surface area contributed by atoms with Gasteiger partial charge in [0.05, 0.1) is 13.7 Å². The van der Waals surface area contributed by atoms with E-state index in [0.29, 0.717) is 19.0 Å². The Morgan fingerprint density at radius 2 is 2.04 bits per heavy atom. The van der Waals surface area contributed by atoms with Crippen LogP contribution in [0, 0.1) is 0 Å². The standard InChI is InChI=1S/C20H30N2O3/c1-4-18-10-7-8-13-22(18)20(24)15-21(16(2)23)14-12-17-9-5-6-11-19(17)25-3/h5-6,9,11,18H,4,7-8,10,12-15H2,1-3H3. The fourth-order valence-electron chi connectivity index (χ4n) is 3.52. The predicted molar refractivity (Wildman–Crippen MR) is 98.6 cm³/mol. The molecule has 1 heterocycles. The van der Waals surface area contributed by atoms with Gasteiger partial charge in [0.1, 0.15) is 5.75 Å². The number of amides is 2. The topological polar surface area (TPSA) is 49.9 Å². The van der Waals surface area contributed by atoms with E-state index in [1.807, 2.05) is 29.2 Å². The van der Waals surface area contributed by atoms with E-state index in [2.05, 4.69) is 6.92 Å². The minimum absolute atomic E-state index is 0.0618. The highest BCUT2D eigenvalue weighted by Gasteiger charge is 2.27. The molecule has 0 spiro atoms. The van der Waals surface area contributed by atoms with Gasteiger partial charge < -0.3 is 14.5 Å². The zero-order valence-corrected chi connectivity index (χ0v) is 15.7. The molecule has 1 aliphatic rings. The Kier molecular flexibility index (Phi) is 7.29. The molecule has 25 heavy (non-hydrogen) atoms. The van der Waals surface area contributed by atoms with Gasteiger partial charge in [0.2, 0.25) is 11.8 Å². The molecule has 1 atom stereocenters. The molecule has 1 fully saturated rings. The quantitative estimate of drug-likeness (QED) is 0.763. The van der Waals surface area contributed by atoms with Crippen LogP contribution in [-0.2, 0) is 16.0 Å². The molecule has 0 bridgehead atoms. The fraction of sp³-hybridized carbons (Fsp3) is 0.600. The monoisotopic (exact) mass is 346 g/mol. The van der Waals surface area contributed by atoms with Crippen LogP contribution in [0.15, 0.2) is 24.3 Å². The van der Waals surface area contributed by atoms with Gasteiger partial charge in [-0.25, -0.2) is 0 Å². The van der Waals surface area contributed by atoms with E-state index in [-0.39, 0.29) is 18.4 Å². The highest BCUT2D eigenvalue weighted by molar-refractivity contribution is 5.84. The second kappa shape index (κ2) is 9.44. The molecule has 1 unspecified atom stereocenters. The molecule has 0 N–H and O–H groups in total.